The van der Waals surface area contributed by atoms with Crippen molar-refractivity contribution in [3.63, 3.8) is 0 Å². The maximum absolute atomic E-state index is 11.7. The number of furan rings is 1. The van der Waals surface area contributed by atoms with Crippen molar-refractivity contribution in [1.29, 1.82) is 0 Å². The van der Waals surface area contributed by atoms with E-state index in [-0.39, 0.29) is 17.8 Å². The first-order valence-corrected chi connectivity index (χ1v) is 6.11. The molecule has 4 nitrogen and oxygen atoms in total. The molecule has 1 aromatic carbocycles. The second kappa shape index (κ2) is 5.05. The molecular weight excluding hydrogens is 268 g/mol. The van der Waals surface area contributed by atoms with Crippen LogP contribution in [-0.4, -0.2) is 18.9 Å². The van der Waals surface area contributed by atoms with Gasteiger partial charge in [-0.25, -0.2) is 4.79 Å². The average molecular weight is 281 g/mol. The van der Waals surface area contributed by atoms with E-state index in [1.807, 2.05) is 0 Å². The lowest BCUT2D eigenvalue weighted by molar-refractivity contribution is -0.116. The summed E-state index contributed by atoms with van der Waals surface area (Å²) < 4.78 is 10.2. The maximum Gasteiger partial charge on any atom is 0.341 e. The largest absolute Gasteiger partial charge is 0.465 e. The molecule has 0 N–H and O–H groups in total. The van der Waals surface area contributed by atoms with E-state index < -0.39 is 5.97 Å². The number of esters is 1. The molecular formula is C14H13ClO4. The fourth-order valence-corrected chi connectivity index (χ4v) is 2.31. The van der Waals surface area contributed by atoms with Gasteiger partial charge in [-0.2, -0.15) is 0 Å². The molecule has 0 fully saturated rings. The Morgan fingerprint density at radius 3 is 2.63 bits per heavy atom. The van der Waals surface area contributed by atoms with Crippen LogP contribution in [0.4, 0.5) is 0 Å². The Morgan fingerprint density at radius 1 is 1.37 bits per heavy atom. The van der Waals surface area contributed by atoms with E-state index in [0.29, 0.717) is 27.3 Å². The summed E-state index contributed by atoms with van der Waals surface area (Å²) in [6.07, 6.45) is 0.204. The van der Waals surface area contributed by atoms with Gasteiger partial charge in [0.05, 0.1) is 7.11 Å². The molecule has 2 rings (SSSR count). The van der Waals surface area contributed by atoms with E-state index in [0.717, 1.165) is 0 Å². The Bertz CT molecular complexity index is 670. The van der Waals surface area contributed by atoms with Crippen LogP contribution in [0.3, 0.4) is 0 Å². The molecule has 100 valence electrons. The first-order valence-electron chi connectivity index (χ1n) is 5.73. The fourth-order valence-electron chi connectivity index (χ4n) is 2.04. The summed E-state index contributed by atoms with van der Waals surface area (Å²) in [6, 6.07) is 3.25. The molecule has 0 aliphatic heterocycles. The number of hydrogen-bond acceptors (Lipinski definition) is 4. The Morgan fingerprint density at radius 2 is 2.05 bits per heavy atom. The molecule has 5 heteroatoms. The van der Waals surface area contributed by atoms with Gasteiger partial charge < -0.3 is 9.15 Å². The van der Waals surface area contributed by atoms with Crippen molar-refractivity contribution in [3.8, 4) is 0 Å². The van der Waals surface area contributed by atoms with E-state index in [2.05, 4.69) is 0 Å². The van der Waals surface area contributed by atoms with Crippen molar-refractivity contribution in [2.45, 2.75) is 20.3 Å². The highest BCUT2D eigenvalue weighted by Crippen LogP contribution is 2.33. The number of carbonyl (C=O) groups is 2. The van der Waals surface area contributed by atoms with Crippen molar-refractivity contribution in [3.05, 3.63) is 34.0 Å². The standard InChI is InChI=1S/C14H13ClO4/c1-7(16)4-9-10-5-8(2)19-13(10)11(6-12(9)15)14(17)18-3/h5-6H,4H2,1-3H3. The zero-order valence-corrected chi connectivity index (χ0v) is 11.6. The topological polar surface area (TPSA) is 56.5 Å². The fraction of sp³-hybridized carbons (Fsp3) is 0.286. The number of benzene rings is 1. The highest BCUT2D eigenvalue weighted by atomic mass is 35.5. The van der Waals surface area contributed by atoms with Crippen LogP contribution in [0.2, 0.25) is 5.02 Å². The van der Waals surface area contributed by atoms with E-state index in [4.69, 9.17) is 20.8 Å². The van der Waals surface area contributed by atoms with Gasteiger partial charge in [-0.15, -0.1) is 0 Å². The second-order valence-electron chi connectivity index (χ2n) is 4.35. The van der Waals surface area contributed by atoms with Gasteiger partial charge in [0.2, 0.25) is 0 Å². The third-order valence-corrected chi connectivity index (χ3v) is 3.15. The first-order chi connectivity index (χ1) is 8.93. The van der Waals surface area contributed by atoms with Gasteiger partial charge in [-0.1, -0.05) is 11.6 Å². The van der Waals surface area contributed by atoms with Gasteiger partial charge in [0.1, 0.15) is 22.7 Å². The second-order valence-corrected chi connectivity index (χ2v) is 4.76. The van der Waals surface area contributed by atoms with Gasteiger partial charge in [0.25, 0.3) is 0 Å². The van der Waals surface area contributed by atoms with Crippen molar-refractivity contribution in [1.82, 2.24) is 0 Å². The number of aryl methyl sites for hydroxylation is 1. The van der Waals surface area contributed by atoms with E-state index >= 15 is 0 Å². The SMILES string of the molecule is COC(=O)c1cc(Cl)c(CC(C)=O)c2cc(C)oc12. The molecule has 0 amide bonds. The number of halogens is 1. The summed E-state index contributed by atoms with van der Waals surface area (Å²) in [4.78, 5) is 23.0. The first kappa shape index (κ1) is 13.6. The third kappa shape index (κ3) is 2.49. The summed E-state index contributed by atoms with van der Waals surface area (Å²) in [6.45, 7) is 3.26. The highest BCUT2D eigenvalue weighted by Gasteiger charge is 2.20. The zero-order chi connectivity index (χ0) is 14.2. The highest BCUT2D eigenvalue weighted by molar-refractivity contribution is 6.33. The molecule has 1 aromatic heterocycles. The lowest BCUT2D eigenvalue weighted by Gasteiger charge is -2.07. The summed E-state index contributed by atoms with van der Waals surface area (Å²) in [5.41, 5.74) is 1.35. The number of rotatable bonds is 3. The number of carbonyl (C=O) groups excluding carboxylic acids is 2. The minimum Gasteiger partial charge on any atom is -0.465 e. The molecule has 0 unspecified atom stereocenters. The zero-order valence-electron chi connectivity index (χ0n) is 10.9. The quantitative estimate of drug-likeness (QED) is 0.809. The Kier molecular flexibility index (Phi) is 3.62. The minimum atomic E-state index is -0.518. The molecule has 0 atom stereocenters. The molecule has 0 aliphatic rings. The third-order valence-electron chi connectivity index (χ3n) is 2.82. The van der Waals surface area contributed by atoms with Crippen LogP contribution in [0.5, 0.6) is 0 Å². The van der Waals surface area contributed by atoms with Crippen molar-refractivity contribution < 1.29 is 18.7 Å². The predicted molar refractivity (Wildman–Crippen MR) is 71.7 cm³/mol. The normalized spacial score (nSPS) is 10.7. The van der Waals surface area contributed by atoms with Crippen LogP contribution in [0.1, 0.15) is 28.6 Å². The van der Waals surface area contributed by atoms with Crippen LogP contribution < -0.4 is 0 Å². The van der Waals surface area contributed by atoms with Gasteiger partial charge in [0, 0.05) is 16.8 Å². The molecule has 0 radical (unpaired) electrons. The van der Waals surface area contributed by atoms with Crippen LogP contribution in [0.25, 0.3) is 11.0 Å². The van der Waals surface area contributed by atoms with Crippen LogP contribution in [0, 0.1) is 6.92 Å². The molecule has 0 bridgehead atoms. The minimum absolute atomic E-state index is 0.00660. The van der Waals surface area contributed by atoms with Crippen LogP contribution >= 0.6 is 11.6 Å². The monoisotopic (exact) mass is 280 g/mol. The number of ether oxygens (including phenoxy) is 1. The van der Waals surface area contributed by atoms with E-state index in [9.17, 15) is 9.59 Å². The molecule has 2 aromatic rings. The van der Waals surface area contributed by atoms with Crippen molar-refractivity contribution >= 4 is 34.3 Å². The Labute approximate surface area is 115 Å². The number of Topliss-reactive ketones (excluding diaryl/α,β-unsaturated/α-hetero) is 1. The van der Waals surface area contributed by atoms with Gasteiger partial charge >= 0.3 is 5.97 Å². The van der Waals surface area contributed by atoms with Crippen LogP contribution in [0.15, 0.2) is 16.5 Å². The van der Waals surface area contributed by atoms with Gasteiger partial charge in [-0.3, -0.25) is 4.79 Å². The number of hydrogen-bond donors (Lipinski definition) is 0. The molecule has 0 spiro atoms. The summed E-state index contributed by atoms with van der Waals surface area (Å²) in [5.74, 6) is 0.121. The van der Waals surface area contributed by atoms with Crippen molar-refractivity contribution in [2.75, 3.05) is 7.11 Å². The van der Waals surface area contributed by atoms with E-state index in [1.165, 1.54) is 20.1 Å². The average Bonchev–Trinajstić information content (AvgIpc) is 2.72. The Balaban J connectivity index is 2.76. The molecule has 1 heterocycles. The van der Waals surface area contributed by atoms with Crippen LogP contribution in [-0.2, 0) is 16.0 Å². The summed E-state index contributed by atoms with van der Waals surface area (Å²) in [5, 5.41) is 1.05. The Hall–Kier alpha value is -1.81. The van der Waals surface area contributed by atoms with Gasteiger partial charge in [-0.05, 0) is 31.5 Å². The number of ketones is 1. The van der Waals surface area contributed by atoms with Crippen molar-refractivity contribution in [2.24, 2.45) is 0 Å². The molecule has 0 saturated heterocycles. The number of methoxy groups -OCH3 is 1. The van der Waals surface area contributed by atoms with E-state index in [1.54, 1.807) is 13.0 Å². The summed E-state index contributed by atoms with van der Waals surface area (Å²) in [7, 11) is 1.29. The number of fused-ring (bicyclic) bond motifs is 1. The lowest BCUT2D eigenvalue weighted by atomic mass is 10.0. The van der Waals surface area contributed by atoms with Gasteiger partial charge in [0.15, 0.2) is 0 Å². The molecule has 19 heavy (non-hydrogen) atoms. The molecule has 0 saturated carbocycles. The lowest BCUT2D eigenvalue weighted by Crippen LogP contribution is -2.04. The smallest absolute Gasteiger partial charge is 0.341 e. The maximum atomic E-state index is 11.7. The predicted octanol–water partition coefficient (Wildman–Crippen LogP) is 3.31. The summed E-state index contributed by atoms with van der Waals surface area (Å²) >= 11 is 6.16. The molecule has 0 aliphatic carbocycles.